The second-order valence-electron chi connectivity index (χ2n) is 32.2. The van der Waals surface area contributed by atoms with Crippen LogP contribution in [0.1, 0.15) is 531 Å². The summed E-state index contributed by atoms with van der Waals surface area (Å²) in [6.45, 7) is 10.0. The topological polar surface area (TPSA) is 105 Å². The number of allylic oxidation sites excluding steroid dienone is 8. The predicted octanol–water partition coefficient (Wildman–Crippen LogP) is 32.9. The quantitative estimate of drug-likeness (QED) is 0.0145. The molecule has 0 aliphatic carbocycles. The molecule has 0 bridgehead atoms. The van der Waals surface area contributed by atoms with Crippen LogP contribution in [0.4, 0.5) is 0 Å². The molecule has 0 fully saturated rings. The summed E-state index contributed by atoms with van der Waals surface area (Å²) in [5.41, 5.74) is 0. The van der Waals surface area contributed by atoms with Crippen LogP contribution in [-0.4, -0.2) is 121 Å². The molecule has 0 N–H and O–H groups in total. The smallest absolute Gasteiger partial charge is 0.789 e. The van der Waals surface area contributed by atoms with Gasteiger partial charge in [0.1, 0.15) is 0 Å². The van der Waals surface area contributed by atoms with E-state index in [9.17, 15) is 19.2 Å². The number of carbonyl (C=O) groups is 4. The molecule has 692 valence electrons. The molecule has 8 nitrogen and oxygen atoms in total. The average Bonchev–Trinajstić information content (AvgIpc) is 1.08. The Hall–Kier alpha value is 0.187. The minimum Gasteiger partial charge on any atom is -0.789 e. The zero-order valence-electron chi connectivity index (χ0n) is 76.4. The fourth-order valence-corrected chi connectivity index (χ4v) is 14.6. The standard InChI is InChI=1S/4C25H48O2S.2CH4.H2S.2Sn/c4*1-2-3-4-5-6-7-8-9-10-11-12-13-14-15-16-17-18-19-20-21-22-25(26)27-23-24-28;;;;;/h4*2-3,28H,4-24H2,1H3;2*1H4;1H2;;/q;;;;;;;2*+2/p-4/b4*3-2+;;;;;. The Balaban J connectivity index is -0.000000187. The molecule has 0 saturated carbocycles. The van der Waals surface area contributed by atoms with Crippen LogP contribution in [-0.2, 0) is 88.6 Å². The molecule has 0 heterocycles. The SMILES string of the molecule is C.C.C/C=C/CCCCCCCCCCCCCCCCCCCC(=O)OCC[S-].C/C=C/CCCCCCCCCCCCCCCCCCCC(=O)OCC[S-].C/C=C/CCCCCCCCCCCCCCCCCCCC(=O)OCC[S-].C/C=C/CCCCCCCCCCCCCCCCCCCC(=O)OCC[S-].S.[Sn+2].[Sn+2]. The first-order valence-electron chi connectivity index (χ1n) is 48.6. The summed E-state index contributed by atoms with van der Waals surface area (Å²) in [4.78, 5) is 45.3. The minimum atomic E-state index is -0.0788. The van der Waals surface area contributed by atoms with Crippen molar-refractivity contribution in [1.82, 2.24) is 0 Å². The summed E-state index contributed by atoms with van der Waals surface area (Å²) >= 11 is 19.0. The Bertz CT molecular complexity index is 1650. The van der Waals surface area contributed by atoms with Crippen molar-refractivity contribution < 1.29 is 38.1 Å². The first-order chi connectivity index (χ1) is 55.2. The second-order valence-corrected chi connectivity index (χ2v) is 33.8. The molecule has 0 saturated heterocycles. The molecule has 0 aromatic carbocycles. The van der Waals surface area contributed by atoms with Gasteiger partial charge in [0.15, 0.2) is 0 Å². The Morgan fingerprint density at radius 2 is 0.282 bits per heavy atom. The monoisotopic (exact) mass is 1950 g/mol. The van der Waals surface area contributed by atoms with Gasteiger partial charge in [-0.1, -0.05) is 449 Å². The second kappa shape index (κ2) is 132. The van der Waals surface area contributed by atoms with Crippen LogP contribution >= 0.6 is 13.5 Å². The fourth-order valence-electron chi connectivity index (χ4n) is 14.3. The largest absolute Gasteiger partial charge is 2.00 e. The van der Waals surface area contributed by atoms with Crippen LogP contribution in [0.5, 0.6) is 0 Å². The number of hydrogen-bond donors (Lipinski definition) is 0. The molecular weight excluding hydrogens is 1750 g/mol. The normalized spacial score (nSPS) is 10.9. The Morgan fingerprint density at radius 3 is 0.376 bits per heavy atom. The maximum atomic E-state index is 11.3. The molecule has 0 amide bonds. The summed E-state index contributed by atoms with van der Waals surface area (Å²) in [7, 11) is 0. The van der Waals surface area contributed by atoms with Crippen LogP contribution in [0.25, 0.3) is 0 Å². The Kier molecular flexibility index (Phi) is 152. The van der Waals surface area contributed by atoms with Gasteiger partial charge in [0.2, 0.25) is 0 Å². The third-order valence-electron chi connectivity index (χ3n) is 21.3. The first kappa shape index (κ1) is 135. The Morgan fingerprint density at radius 1 is 0.188 bits per heavy atom. The third kappa shape index (κ3) is 140. The molecule has 4 radical (unpaired) electrons. The molecule has 0 unspecified atom stereocenters. The minimum absolute atomic E-state index is 0. The average molecular weight is 1950 g/mol. The summed E-state index contributed by atoms with van der Waals surface area (Å²) < 4.78 is 19.9. The van der Waals surface area contributed by atoms with Gasteiger partial charge >= 0.3 is 71.7 Å². The molecule has 0 rings (SSSR count). The van der Waals surface area contributed by atoms with Crippen molar-refractivity contribution in [1.29, 1.82) is 0 Å². The number of esters is 4. The third-order valence-corrected chi connectivity index (χ3v) is 22.0. The van der Waals surface area contributed by atoms with Crippen LogP contribution in [0.3, 0.4) is 0 Å². The van der Waals surface area contributed by atoms with Gasteiger partial charge in [-0.05, 0) is 105 Å². The van der Waals surface area contributed by atoms with E-state index in [-0.39, 0.29) is 100 Å². The maximum absolute atomic E-state index is 11.3. The van der Waals surface area contributed by atoms with Crippen LogP contribution in [0, 0.1) is 0 Å². The van der Waals surface area contributed by atoms with E-state index < -0.39 is 0 Å². The zero-order chi connectivity index (χ0) is 82.2. The summed E-state index contributed by atoms with van der Waals surface area (Å²) in [6, 6.07) is 0. The zero-order valence-corrected chi connectivity index (χ0v) is 86.4. The summed E-state index contributed by atoms with van der Waals surface area (Å²) in [5.74, 6) is 1.70. The van der Waals surface area contributed by atoms with Gasteiger partial charge in [0.25, 0.3) is 0 Å². The van der Waals surface area contributed by atoms with Crippen LogP contribution < -0.4 is 0 Å². The van der Waals surface area contributed by atoms with E-state index in [0.717, 1.165) is 51.4 Å². The van der Waals surface area contributed by atoms with E-state index in [1.54, 1.807) is 0 Å². The molecule has 15 heteroatoms. The number of carbonyl (C=O) groups excluding carboxylic acids is 4. The van der Waals surface area contributed by atoms with E-state index in [1.807, 2.05) is 0 Å². The van der Waals surface area contributed by atoms with E-state index in [1.165, 1.54) is 411 Å². The fraction of sp³-hybridized carbons (Fsp3) is 0.882. The van der Waals surface area contributed by atoms with E-state index >= 15 is 0 Å². The molecule has 0 aromatic rings. The van der Waals surface area contributed by atoms with Crippen LogP contribution in [0.2, 0.25) is 0 Å². The van der Waals surface area contributed by atoms with Gasteiger partial charge < -0.3 is 69.5 Å². The van der Waals surface area contributed by atoms with Gasteiger partial charge in [0, 0.05) is 25.7 Å². The number of rotatable bonds is 88. The van der Waals surface area contributed by atoms with Crippen molar-refractivity contribution >= 4 is 136 Å². The predicted molar refractivity (Wildman–Crippen MR) is 538 cm³/mol. The van der Waals surface area contributed by atoms with Gasteiger partial charge in [-0.25, -0.2) is 0 Å². The van der Waals surface area contributed by atoms with Crippen molar-refractivity contribution in [2.45, 2.75) is 531 Å². The first-order valence-corrected chi connectivity index (χ1v) is 50.9. The molecule has 0 aliphatic heterocycles. The molecule has 117 heavy (non-hydrogen) atoms. The summed E-state index contributed by atoms with van der Waals surface area (Å²) in [5, 5.41) is 0. The number of unbranched alkanes of at least 4 members (excludes halogenated alkanes) is 68. The van der Waals surface area contributed by atoms with Gasteiger partial charge in [-0.3, -0.25) is 19.2 Å². The van der Waals surface area contributed by atoms with Crippen molar-refractivity contribution in [3.63, 3.8) is 0 Å². The van der Waals surface area contributed by atoms with Crippen molar-refractivity contribution in [2.24, 2.45) is 0 Å². The van der Waals surface area contributed by atoms with E-state index in [0.29, 0.717) is 75.1 Å². The number of hydrogen-bond acceptors (Lipinski definition) is 12. The van der Waals surface area contributed by atoms with E-state index in [4.69, 9.17) is 69.5 Å². The summed E-state index contributed by atoms with van der Waals surface area (Å²) in [6.07, 6.45) is 117. The van der Waals surface area contributed by atoms with Crippen LogP contribution in [0.15, 0.2) is 48.6 Å². The van der Waals surface area contributed by atoms with Gasteiger partial charge in [0.05, 0.1) is 26.4 Å². The molecule has 0 spiro atoms. The van der Waals surface area contributed by atoms with Crippen molar-refractivity contribution in [2.75, 3.05) is 49.4 Å². The number of ether oxygens (including phenoxy) is 4. The Labute approximate surface area is 795 Å². The van der Waals surface area contributed by atoms with Gasteiger partial charge in [-0.15, -0.1) is 23.0 Å². The molecular formula is C102H198O8S5Sn2. The molecule has 0 aliphatic rings. The maximum Gasteiger partial charge on any atom is 2.00 e. The molecule has 0 atom stereocenters. The molecule has 0 aromatic heterocycles. The van der Waals surface area contributed by atoms with Gasteiger partial charge in [-0.2, -0.15) is 13.5 Å². The van der Waals surface area contributed by atoms with Crippen molar-refractivity contribution in [3.8, 4) is 0 Å². The van der Waals surface area contributed by atoms with E-state index in [2.05, 4.69) is 76.3 Å². The van der Waals surface area contributed by atoms with Crippen molar-refractivity contribution in [3.05, 3.63) is 48.6 Å².